The largest absolute Gasteiger partial charge is 0.493 e. The Morgan fingerprint density at radius 1 is 1.44 bits per heavy atom. The molecule has 0 spiro atoms. The Morgan fingerprint density at radius 2 is 2.12 bits per heavy atom. The van der Waals surface area contributed by atoms with Crippen molar-refractivity contribution in [1.29, 1.82) is 0 Å². The summed E-state index contributed by atoms with van der Waals surface area (Å²) in [5.74, 6) is 0.141. The van der Waals surface area contributed by atoms with Gasteiger partial charge in [-0.3, -0.25) is 0 Å². The molecule has 0 bridgehead atoms. The minimum Gasteiger partial charge on any atom is -0.493 e. The SMILES string of the molecule is CC(CO)COc1ccc(C(C)N)c(F)c1. The molecule has 0 saturated heterocycles. The Bertz CT molecular complexity index is 342. The van der Waals surface area contributed by atoms with Crippen LogP contribution in [0.25, 0.3) is 0 Å². The van der Waals surface area contributed by atoms with Gasteiger partial charge in [0.1, 0.15) is 11.6 Å². The summed E-state index contributed by atoms with van der Waals surface area (Å²) in [4.78, 5) is 0. The molecule has 16 heavy (non-hydrogen) atoms. The van der Waals surface area contributed by atoms with Crippen molar-refractivity contribution in [3.05, 3.63) is 29.6 Å². The number of rotatable bonds is 5. The Labute approximate surface area is 95.0 Å². The standard InChI is InChI=1S/C12H18FNO2/c1-8(6-15)7-16-10-3-4-11(9(2)14)12(13)5-10/h3-5,8-9,15H,6-7,14H2,1-2H3. The van der Waals surface area contributed by atoms with Gasteiger partial charge < -0.3 is 15.6 Å². The maximum Gasteiger partial charge on any atom is 0.131 e. The molecule has 90 valence electrons. The third-order valence-corrected chi connectivity index (χ3v) is 2.31. The predicted molar refractivity (Wildman–Crippen MR) is 60.7 cm³/mol. The number of ether oxygens (including phenoxy) is 1. The zero-order valence-corrected chi connectivity index (χ0v) is 9.61. The van der Waals surface area contributed by atoms with E-state index in [1.807, 2.05) is 6.92 Å². The number of hydrogen-bond acceptors (Lipinski definition) is 3. The molecule has 0 heterocycles. The van der Waals surface area contributed by atoms with Crippen LogP contribution in [0.1, 0.15) is 25.5 Å². The van der Waals surface area contributed by atoms with E-state index in [-0.39, 0.29) is 24.4 Å². The molecule has 0 aliphatic carbocycles. The molecule has 1 aromatic carbocycles. The molecule has 3 N–H and O–H groups in total. The van der Waals surface area contributed by atoms with Crippen LogP contribution in [0, 0.1) is 11.7 Å². The lowest BCUT2D eigenvalue weighted by Crippen LogP contribution is -2.12. The number of benzene rings is 1. The molecule has 0 saturated carbocycles. The fraction of sp³-hybridized carbons (Fsp3) is 0.500. The molecule has 3 nitrogen and oxygen atoms in total. The van der Waals surface area contributed by atoms with E-state index in [0.717, 1.165) is 0 Å². The Balaban J connectivity index is 2.66. The van der Waals surface area contributed by atoms with Gasteiger partial charge in [-0.05, 0) is 13.0 Å². The molecular weight excluding hydrogens is 209 g/mol. The summed E-state index contributed by atoms with van der Waals surface area (Å²) >= 11 is 0. The zero-order chi connectivity index (χ0) is 12.1. The first-order valence-corrected chi connectivity index (χ1v) is 5.33. The molecule has 2 atom stereocenters. The van der Waals surface area contributed by atoms with Crippen LogP contribution in [0.2, 0.25) is 0 Å². The maximum atomic E-state index is 13.5. The predicted octanol–water partition coefficient (Wildman–Crippen LogP) is 1.85. The third kappa shape index (κ3) is 3.47. The van der Waals surface area contributed by atoms with Gasteiger partial charge in [0, 0.05) is 30.2 Å². The van der Waals surface area contributed by atoms with Gasteiger partial charge in [-0.15, -0.1) is 0 Å². The Kier molecular flexibility index (Phi) is 4.71. The molecule has 0 aliphatic rings. The topological polar surface area (TPSA) is 55.5 Å². The zero-order valence-electron chi connectivity index (χ0n) is 9.61. The van der Waals surface area contributed by atoms with Crippen molar-refractivity contribution < 1.29 is 14.2 Å². The molecule has 0 radical (unpaired) electrons. The van der Waals surface area contributed by atoms with E-state index in [9.17, 15) is 4.39 Å². The lowest BCUT2D eigenvalue weighted by molar-refractivity contribution is 0.174. The first-order chi connectivity index (χ1) is 7.54. The van der Waals surface area contributed by atoms with E-state index < -0.39 is 0 Å². The molecular formula is C12H18FNO2. The first-order valence-electron chi connectivity index (χ1n) is 5.33. The summed E-state index contributed by atoms with van der Waals surface area (Å²) in [7, 11) is 0. The van der Waals surface area contributed by atoms with E-state index >= 15 is 0 Å². The summed E-state index contributed by atoms with van der Waals surface area (Å²) in [6, 6.07) is 4.30. The van der Waals surface area contributed by atoms with Crippen LogP contribution < -0.4 is 10.5 Å². The van der Waals surface area contributed by atoms with E-state index in [2.05, 4.69) is 0 Å². The summed E-state index contributed by atoms with van der Waals surface area (Å²) in [6.45, 7) is 4.01. The number of aliphatic hydroxyl groups is 1. The minimum atomic E-state index is -0.357. The second-order valence-corrected chi connectivity index (χ2v) is 4.07. The highest BCUT2D eigenvalue weighted by atomic mass is 19.1. The lowest BCUT2D eigenvalue weighted by atomic mass is 10.1. The summed E-state index contributed by atoms with van der Waals surface area (Å²) in [5.41, 5.74) is 6.07. The highest BCUT2D eigenvalue weighted by molar-refractivity contribution is 5.30. The minimum absolute atomic E-state index is 0.0381. The van der Waals surface area contributed by atoms with E-state index in [1.54, 1.807) is 19.1 Å². The van der Waals surface area contributed by atoms with Gasteiger partial charge in [-0.25, -0.2) is 4.39 Å². The number of aliphatic hydroxyl groups excluding tert-OH is 1. The summed E-state index contributed by atoms with van der Waals surface area (Å²) < 4.78 is 18.8. The average Bonchev–Trinajstić information content (AvgIpc) is 2.25. The van der Waals surface area contributed by atoms with E-state index in [0.29, 0.717) is 17.9 Å². The van der Waals surface area contributed by atoms with Crippen LogP contribution in [-0.2, 0) is 0 Å². The fourth-order valence-electron chi connectivity index (χ4n) is 1.26. The monoisotopic (exact) mass is 227 g/mol. The number of halogens is 1. The van der Waals surface area contributed by atoms with Crippen molar-refractivity contribution in [2.24, 2.45) is 11.7 Å². The van der Waals surface area contributed by atoms with E-state index in [1.165, 1.54) is 6.07 Å². The van der Waals surface area contributed by atoms with Crippen molar-refractivity contribution in [2.45, 2.75) is 19.9 Å². The molecule has 4 heteroatoms. The highest BCUT2D eigenvalue weighted by Gasteiger charge is 2.08. The maximum absolute atomic E-state index is 13.5. The van der Waals surface area contributed by atoms with Crippen LogP contribution in [0.5, 0.6) is 5.75 Å². The van der Waals surface area contributed by atoms with Crippen molar-refractivity contribution in [2.75, 3.05) is 13.2 Å². The summed E-state index contributed by atoms with van der Waals surface area (Å²) in [6.07, 6.45) is 0. The van der Waals surface area contributed by atoms with Gasteiger partial charge >= 0.3 is 0 Å². The van der Waals surface area contributed by atoms with Crippen molar-refractivity contribution >= 4 is 0 Å². The van der Waals surface area contributed by atoms with Crippen LogP contribution in [-0.4, -0.2) is 18.3 Å². The molecule has 0 aliphatic heterocycles. The van der Waals surface area contributed by atoms with Gasteiger partial charge in [0.05, 0.1) is 6.61 Å². The van der Waals surface area contributed by atoms with Crippen LogP contribution in [0.15, 0.2) is 18.2 Å². The normalized spacial score (nSPS) is 14.6. The smallest absolute Gasteiger partial charge is 0.131 e. The second-order valence-electron chi connectivity index (χ2n) is 4.07. The van der Waals surface area contributed by atoms with Gasteiger partial charge in [0.25, 0.3) is 0 Å². The summed E-state index contributed by atoms with van der Waals surface area (Å²) in [5, 5.41) is 8.81. The van der Waals surface area contributed by atoms with Crippen molar-refractivity contribution in [3.63, 3.8) is 0 Å². The molecule has 0 fully saturated rings. The molecule has 0 aromatic heterocycles. The fourth-order valence-corrected chi connectivity index (χ4v) is 1.26. The highest BCUT2D eigenvalue weighted by Crippen LogP contribution is 2.20. The van der Waals surface area contributed by atoms with E-state index in [4.69, 9.17) is 15.6 Å². The third-order valence-electron chi connectivity index (χ3n) is 2.31. The van der Waals surface area contributed by atoms with Gasteiger partial charge in [-0.1, -0.05) is 13.0 Å². The Morgan fingerprint density at radius 3 is 2.62 bits per heavy atom. The van der Waals surface area contributed by atoms with Crippen LogP contribution in [0.3, 0.4) is 0 Å². The van der Waals surface area contributed by atoms with Crippen LogP contribution in [0.4, 0.5) is 4.39 Å². The molecule has 1 aromatic rings. The number of hydrogen-bond donors (Lipinski definition) is 2. The van der Waals surface area contributed by atoms with Gasteiger partial charge in [0.15, 0.2) is 0 Å². The molecule has 1 rings (SSSR count). The second kappa shape index (κ2) is 5.82. The molecule has 2 unspecified atom stereocenters. The Hall–Kier alpha value is -1.13. The van der Waals surface area contributed by atoms with Crippen LogP contribution >= 0.6 is 0 Å². The van der Waals surface area contributed by atoms with Crippen molar-refractivity contribution in [3.8, 4) is 5.75 Å². The van der Waals surface area contributed by atoms with Crippen molar-refractivity contribution in [1.82, 2.24) is 0 Å². The van der Waals surface area contributed by atoms with Gasteiger partial charge in [-0.2, -0.15) is 0 Å². The lowest BCUT2D eigenvalue weighted by Gasteiger charge is -2.12. The first kappa shape index (κ1) is 12.9. The van der Waals surface area contributed by atoms with Gasteiger partial charge in [0.2, 0.25) is 0 Å². The quantitative estimate of drug-likeness (QED) is 0.807. The average molecular weight is 227 g/mol. The molecule has 0 amide bonds. The number of nitrogens with two attached hydrogens (primary N) is 1.